The number of aliphatic hydroxyl groups excluding tert-OH is 1. The Labute approximate surface area is 99.1 Å². The van der Waals surface area contributed by atoms with Crippen LogP contribution in [0.2, 0.25) is 0 Å². The first-order chi connectivity index (χ1) is 7.86. The Balaban J connectivity index is 1.95. The molecule has 0 aromatic heterocycles. The van der Waals surface area contributed by atoms with Crippen LogP contribution in [0.3, 0.4) is 0 Å². The van der Waals surface area contributed by atoms with E-state index in [1.807, 2.05) is 0 Å². The first-order valence-corrected chi connectivity index (χ1v) is 6.71. The van der Waals surface area contributed by atoms with Crippen molar-refractivity contribution in [3.63, 3.8) is 0 Å². The monoisotopic (exact) mass is 230 g/mol. The van der Waals surface area contributed by atoms with Crippen LogP contribution in [0, 0.1) is 5.92 Å². The zero-order chi connectivity index (χ0) is 11.6. The summed E-state index contributed by atoms with van der Waals surface area (Å²) in [5.41, 5.74) is 0. The first-order valence-electron chi connectivity index (χ1n) is 6.71. The highest BCUT2D eigenvalue weighted by molar-refractivity contribution is 4.63. The number of ether oxygens (including phenoxy) is 2. The number of aliphatic hydroxyl groups is 1. The standard InChI is InChI=1S/C13H26O3/c1-2-3-4-5-6-7-13-15-10-12(8-9-14)11-16-13/h12-14H,2-11H2,1H3. The van der Waals surface area contributed by atoms with Gasteiger partial charge in [-0.2, -0.15) is 0 Å². The number of hydrogen-bond acceptors (Lipinski definition) is 3. The van der Waals surface area contributed by atoms with E-state index < -0.39 is 0 Å². The van der Waals surface area contributed by atoms with E-state index in [9.17, 15) is 0 Å². The van der Waals surface area contributed by atoms with E-state index in [2.05, 4.69) is 6.92 Å². The van der Waals surface area contributed by atoms with Crippen LogP contribution >= 0.6 is 0 Å². The molecule has 3 nitrogen and oxygen atoms in total. The van der Waals surface area contributed by atoms with Gasteiger partial charge in [0, 0.05) is 12.5 Å². The van der Waals surface area contributed by atoms with Crippen LogP contribution < -0.4 is 0 Å². The van der Waals surface area contributed by atoms with Crippen molar-refractivity contribution in [3.8, 4) is 0 Å². The van der Waals surface area contributed by atoms with E-state index in [-0.39, 0.29) is 12.9 Å². The quantitative estimate of drug-likeness (QED) is 0.652. The zero-order valence-electron chi connectivity index (χ0n) is 10.5. The van der Waals surface area contributed by atoms with E-state index in [1.165, 1.54) is 32.1 Å². The van der Waals surface area contributed by atoms with Gasteiger partial charge in [0.1, 0.15) is 0 Å². The predicted octanol–water partition coefficient (Wildman–Crippen LogP) is 2.72. The van der Waals surface area contributed by atoms with Crippen molar-refractivity contribution in [2.24, 2.45) is 5.92 Å². The second kappa shape index (κ2) is 8.97. The van der Waals surface area contributed by atoms with Gasteiger partial charge in [-0.25, -0.2) is 0 Å². The fraction of sp³-hybridized carbons (Fsp3) is 1.00. The van der Waals surface area contributed by atoms with Crippen molar-refractivity contribution in [1.29, 1.82) is 0 Å². The summed E-state index contributed by atoms with van der Waals surface area (Å²) in [4.78, 5) is 0. The second-order valence-corrected chi connectivity index (χ2v) is 4.68. The molecule has 1 rings (SSSR count). The summed E-state index contributed by atoms with van der Waals surface area (Å²) in [7, 11) is 0. The highest BCUT2D eigenvalue weighted by atomic mass is 16.7. The minimum absolute atomic E-state index is 0.0107. The van der Waals surface area contributed by atoms with Crippen LogP contribution in [0.5, 0.6) is 0 Å². The number of hydrogen-bond donors (Lipinski definition) is 1. The molecule has 1 heterocycles. The van der Waals surface area contributed by atoms with E-state index >= 15 is 0 Å². The van der Waals surface area contributed by atoms with Crippen LogP contribution in [0.1, 0.15) is 51.9 Å². The lowest BCUT2D eigenvalue weighted by atomic mass is 10.1. The molecule has 1 aliphatic rings. The molecule has 16 heavy (non-hydrogen) atoms. The number of rotatable bonds is 8. The molecule has 0 atom stereocenters. The molecule has 0 radical (unpaired) electrons. The van der Waals surface area contributed by atoms with Gasteiger partial charge >= 0.3 is 0 Å². The molecule has 0 spiro atoms. The van der Waals surface area contributed by atoms with E-state index in [0.717, 1.165) is 26.1 Å². The fourth-order valence-corrected chi connectivity index (χ4v) is 2.01. The molecule has 0 aliphatic carbocycles. The minimum Gasteiger partial charge on any atom is -0.396 e. The topological polar surface area (TPSA) is 38.7 Å². The molecular weight excluding hydrogens is 204 g/mol. The third-order valence-electron chi connectivity index (χ3n) is 3.12. The van der Waals surface area contributed by atoms with Crippen molar-refractivity contribution in [2.75, 3.05) is 19.8 Å². The number of unbranched alkanes of at least 4 members (excludes halogenated alkanes) is 4. The smallest absolute Gasteiger partial charge is 0.157 e. The predicted molar refractivity (Wildman–Crippen MR) is 64.3 cm³/mol. The summed E-state index contributed by atoms with van der Waals surface area (Å²) >= 11 is 0. The van der Waals surface area contributed by atoms with Crippen LogP contribution in [0.4, 0.5) is 0 Å². The van der Waals surface area contributed by atoms with Crippen LogP contribution in [-0.2, 0) is 9.47 Å². The Morgan fingerprint density at radius 2 is 1.69 bits per heavy atom. The van der Waals surface area contributed by atoms with Crippen molar-refractivity contribution in [1.82, 2.24) is 0 Å². The Morgan fingerprint density at radius 1 is 1.00 bits per heavy atom. The van der Waals surface area contributed by atoms with Gasteiger partial charge in [-0.15, -0.1) is 0 Å². The summed E-state index contributed by atoms with van der Waals surface area (Å²) in [6.07, 6.45) is 8.28. The lowest BCUT2D eigenvalue weighted by Gasteiger charge is -2.29. The second-order valence-electron chi connectivity index (χ2n) is 4.68. The van der Waals surface area contributed by atoms with Gasteiger partial charge in [0.15, 0.2) is 6.29 Å². The van der Waals surface area contributed by atoms with E-state index in [1.54, 1.807) is 0 Å². The lowest BCUT2D eigenvalue weighted by Crippen LogP contribution is -2.32. The van der Waals surface area contributed by atoms with Crippen LogP contribution in [0.15, 0.2) is 0 Å². The molecule has 1 fully saturated rings. The highest BCUT2D eigenvalue weighted by Gasteiger charge is 2.21. The maximum atomic E-state index is 8.80. The third-order valence-corrected chi connectivity index (χ3v) is 3.12. The molecule has 0 amide bonds. The average molecular weight is 230 g/mol. The van der Waals surface area contributed by atoms with Gasteiger partial charge in [0.25, 0.3) is 0 Å². The zero-order valence-corrected chi connectivity index (χ0v) is 10.5. The van der Waals surface area contributed by atoms with E-state index in [4.69, 9.17) is 14.6 Å². The summed E-state index contributed by atoms with van der Waals surface area (Å²) in [6.45, 7) is 3.97. The summed E-state index contributed by atoms with van der Waals surface area (Å²) < 4.78 is 11.2. The normalized spacial score (nSPS) is 25.9. The molecule has 3 heteroatoms. The highest BCUT2D eigenvalue weighted by Crippen LogP contribution is 2.18. The van der Waals surface area contributed by atoms with E-state index in [0.29, 0.717) is 5.92 Å². The Morgan fingerprint density at radius 3 is 2.31 bits per heavy atom. The van der Waals surface area contributed by atoms with Crippen molar-refractivity contribution >= 4 is 0 Å². The van der Waals surface area contributed by atoms with Gasteiger partial charge in [-0.3, -0.25) is 0 Å². The van der Waals surface area contributed by atoms with Gasteiger partial charge in [0.2, 0.25) is 0 Å². The lowest BCUT2D eigenvalue weighted by molar-refractivity contribution is -0.205. The molecule has 0 aromatic rings. The largest absolute Gasteiger partial charge is 0.396 e. The molecule has 0 aromatic carbocycles. The molecule has 0 saturated carbocycles. The Kier molecular flexibility index (Phi) is 7.81. The molecule has 0 bridgehead atoms. The maximum absolute atomic E-state index is 8.80. The molecule has 1 N–H and O–H groups in total. The van der Waals surface area contributed by atoms with Gasteiger partial charge < -0.3 is 14.6 Å². The summed E-state index contributed by atoms with van der Waals surface area (Å²) in [5.74, 6) is 0.390. The maximum Gasteiger partial charge on any atom is 0.157 e. The molecule has 96 valence electrons. The van der Waals surface area contributed by atoms with Crippen LogP contribution in [-0.4, -0.2) is 31.2 Å². The van der Waals surface area contributed by atoms with Gasteiger partial charge in [-0.1, -0.05) is 32.6 Å². The Bertz CT molecular complexity index is 153. The molecule has 0 unspecified atom stereocenters. The SMILES string of the molecule is CCCCCCCC1OCC(CCO)CO1. The molecular formula is C13H26O3. The van der Waals surface area contributed by atoms with Gasteiger partial charge in [-0.05, 0) is 19.3 Å². The first kappa shape index (κ1) is 13.9. The van der Waals surface area contributed by atoms with Crippen molar-refractivity contribution in [3.05, 3.63) is 0 Å². The fourth-order valence-electron chi connectivity index (χ4n) is 2.01. The third kappa shape index (κ3) is 5.83. The van der Waals surface area contributed by atoms with Gasteiger partial charge in [0.05, 0.1) is 13.2 Å². The average Bonchev–Trinajstić information content (AvgIpc) is 2.31. The van der Waals surface area contributed by atoms with Crippen molar-refractivity contribution < 1.29 is 14.6 Å². The summed E-state index contributed by atoms with van der Waals surface area (Å²) in [5, 5.41) is 8.80. The molecule has 1 saturated heterocycles. The Hall–Kier alpha value is -0.120. The minimum atomic E-state index is 0.0107. The summed E-state index contributed by atoms with van der Waals surface area (Å²) in [6, 6.07) is 0. The van der Waals surface area contributed by atoms with Crippen LogP contribution in [0.25, 0.3) is 0 Å². The molecule has 1 aliphatic heterocycles. The van der Waals surface area contributed by atoms with Crippen molar-refractivity contribution in [2.45, 2.75) is 58.2 Å².